The summed E-state index contributed by atoms with van der Waals surface area (Å²) in [7, 11) is 1.62. The van der Waals surface area contributed by atoms with Gasteiger partial charge in [-0.1, -0.05) is 6.42 Å². The Morgan fingerprint density at radius 3 is 2.64 bits per heavy atom. The average molecular weight is 384 g/mol. The van der Waals surface area contributed by atoms with Crippen LogP contribution in [-0.2, 0) is 29.0 Å². The standard InChI is InChI=1S/C20H24N4O4/c1-28-13-20(6-2-7-20)19(27)23-10-5-16-15(12-23)17(18(25)26)22-24(16)11-14-3-8-21-9-4-14/h3-4,8-9H,2,5-7,10-13H2,1H3,(H,25,26). The molecule has 1 amide bonds. The molecule has 0 saturated heterocycles. The largest absolute Gasteiger partial charge is 0.476 e. The first-order valence-corrected chi connectivity index (χ1v) is 9.53. The van der Waals surface area contributed by atoms with Crippen molar-refractivity contribution >= 4 is 11.9 Å². The lowest BCUT2D eigenvalue weighted by Crippen LogP contribution is -2.51. The zero-order valence-electron chi connectivity index (χ0n) is 15.9. The van der Waals surface area contributed by atoms with E-state index in [4.69, 9.17) is 4.74 Å². The number of pyridine rings is 1. The van der Waals surface area contributed by atoms with Crippen molar-refractivity contribution in [3.05, 3.63) is 47.0 Å². The molecule has 8 nitrogen and oxygen atoms in total. The summed E-state index contributed by atoms with van der Waals surface area (Å²) in [6.45, 7) is 1.76. The average Bonchev–Trinajstić information content (AvgIpc) is 3.03. The number of amides is 1. The molecule has 2 aromatic rings. The smallest absolute Gasteiger partial charge is 0.356 e. The number of hydrogen-bond donors (Lipinski definition) is 1. The Labute approximate surface area is 163 Å². The van der Waals surface area contributed by atoms with Crippen molar-refractivity contribution in [2.24, 2.45) is 5.41 Å². The van der Waals surface area contributed by atoms with Crippen LogP contribution >= 0.6 is 0 Å². The maximum atomic E-state index is 13.1. The van der Waals surface area contributed by atoms with Crippen LogP contribution in [0.3, 0.4) is 0 Å². The highest BCUT2D eigenvalue weighted by atomic mass is 16.5. The van der Waals surface area contributed by atoms with Gasteiger partial charge in [-0.2, -0.15) is 5.10 Å². The molecule has 0 unspecified atom stereocenters. The van der Waals surface area contributed by atoms with Gasteiger partial charge in [0.05, 0.1) is 18.6 Å². The highest BCUT2D eigenvalue weighted by Crippen LogP contribution is 2.43. The van der Waals surface area contributed by atoms with E-state index in [9.17, 15) is 14.7 Å². The van der Waals surface area contributed by atoms with Crippen LogP contribution in [0, 0.1) is 5.41 Å². The summed E-state index contributed by atoms with van der Waals surface area (Å²) in [6, 6.07) is 3.77. The zero-order chi connectivity index (χ0) is 19.7. The van der Waals surface area contributed by atoms with Crippen molar-refractivity contribution in [2.45, 2.75) is 38.8 Å². The van der Waals surface area contributed by atoms with Gasteiger partial charge in [0, 0.05) is 50.3 Å². The summed E-state index contributed by atoms with van der Waals surface area (Å²) in [5.41, 5.74) is 2.14. The first kappa shape index (κ1) is 18.6. The minimum atomic E-state index is -1.06. The molecule has 0 bridgehead atoms. The number of hydrogen-bond acceptors (Lipinski definition) is 5. The van der Waals surface area contributed by atoms with Gasteiger partial charge >= 0.3 is 5.97 Å². The maximum Gasteiger partial charge on any atom is 0.356 e. The number of carbonyl (C=O) groups is 2. The normalized spacial score (nSPS) is 17.7. The van der Waals surface area contributed by atoms with E-state index < -0.39 is 11.4 Å². The molecular weight excluding hydrogens is 360 g/mol. The Morgan fingerprint density at radius 1 is 1.29 bits per heavy atom. The van der Waals surface area contributed by atoms with Gasteiger partial charge < -0.3 is 14.7 Å². The molecule has 28 heavy (non-hydrogen) atoms. The molecule has 0 radical (unpaired) electrons. The third-order valence-corrected chi connectivity index (χ3v) is 5.89. The van der Waals surface area contributed by atoms with Gasteiger partial charge in [-0.15, -0.1) is 0 Å². The minimum Gasteiger partial charge on any atom is -0.476 e. The minimum absolute atomic E-state index is 0.0379. The van der Waals surface area contributed by atoms with Crippen LogP contribution in [0.15, 0.2) is 24.5 Å². The van der Waals surface area contributed by atoms with Gasteiger partial charge in [0.15, 0.2) is 5.69 Å². The highest BCUT2D eigenvalue weighted by molar-refractivity contribution is 5.88. The number of nitrogens with zero attached hydrogens (tertiary/aromatic N) is 4. The zero-order valence-corrected chi connectivity index (χ0v) is 15.9. The first-order valence-electron chi connectivity index (χ1n) is 9.53. The van der Waals surface area contributed by atoms with Crippen LogP contribution < -0.4 is 0 Å². The summed E-state index contributed by atoms with van der Waals surface area (Å²) in [5.74, 6) is -0.987. The van der Waals surface area contributed by atoms with Crippen LogP contribution in [-0.4, -0.2) is 56.9 Å². The van der Waals surface area contributed by atoms with Crippen molar-refractivity contribution in [2.75, 3.05) is 20.3 Å². The molecule has 2 aromatic heterocycles. The van der Waals surface area contributed by atoms with Crippen LogP contribution in [0.4, 0.5) is 0 Å². The number of fused-ring (bicyclic) bond motifs is 1. The van der Waals surface area contributed by atoms with E-state index in [0.717, 1.165) is 30.5 Å². The third kappa shape index (κ3) is 3.17. The summed E-state index contributed by atoms with van der Waals surface area (Å²) in [4.78, 5) is 30.7. The summed E-state index contributed by atoms with van der Waals surface area (Å²) >= 11 is 0. The third-order valence-electron chi connectivity index (χ3n) is 5.89. The van der Waals surface area contributed by atoms with E-state index in [2.05, 4.69) is 10.1 Å². The number of carboxylic acid groups (broad SMARTS) is 1. The fourth-order valence-electron chi connectivity index (χ4n) is 4.26. The monoisotopic (exact) mass is 384 g/mol. The predicted octanol–water partition coefficient (Wildman–Crippen LogP) is 1.73. The lowest BCUT2D eigenvalue weighted by atomic mass is 9.68. The van der Waals surface area contributed by atoms with Gasteiger partial charge in [0.25, 0.3) is 0 Å². The van der Waals surface area contributed by atoms with Crippen molar-refractivity contribution in [1.82, 2.24) is 19.7 Å². The molecule has 1 N–H and O–H groups in total. The summed E-state index contributed by atoms with van der Waals surface area (Å²) in [6.07, 6.45) is 6.69. The second kappa shape index (κ2) is 7.35. The molecular formula is C20H24N4O4. The van der Waals surface area contributed by atoms with E-state index in [-0.39, 0.29) is 18.1 Å². The van der Waals surface area contributed by atoms with E-state index in [1.165, 1.54) is 0 Å². The van der Waals surface area contributed by atoms with Crippen molar-refractivity contribution in [1.29, 1.82) is 0 Å². The Balaban J connectivity index is 1.61. The number of carbonyl (C=O) groups excluding carboxylic acids is 1. The number of rotatable bonds is 6. The Kier molecular flexibility index (Phi) is 4.89. The number of ether oxygens (including phenoxy) is 1. The van der Waals surface area contributed by atoms with Crippen LogP contribution in [0.2, 0.25) is 0 Å². The molecule has 4 rings (SSSR count). The number of aromatic nitrogens is 3. The Hall–Kier alpha value is -2.74. The SMILES string of the molecule is COCC1(C(=O)N2CCc3c(c(C(=O)O)nn3Cc3ccncc3)C2)CCC1. The molecule has 0 aromatic carbocycles. The van der Waals surface area contributed by atoms with E-state index in [1.807, 2.05) is 12.1 Å². The molecule has 1 aliphatic heterocycles. The van der Waals surface area contributed by atoms with E-state index >= 15 is 0 Å². The topological polar surface area (TPSA) is 97.5 Å². The van der Waals surface area contributed by atoms with Gasteiger partial charge in [0.2, 0.25) is 5.91 Å². The van der Waals surface area contributed by atoms with Gasteiger partial charge in [-0.05, 0) is 30.5 Å². The summed E-state index contributed by atoms with van der Waals surface area (Å²) in [5, 5.41) is 14.0. The predicted molar refractivity (Wildman–Crippen MR) is 99.8 cm³/mol. The van der Waals surface area contributed by atoms with Gasteiger partial charge in [0.1, 0.15) is 0 Å². The first-order chi connectivity index (χ1) is 13.5. The number of aromatic carboxylic acids is 1. The van der Waals surface area contributed by atoms with Crippen molar-refractivity contribution in [3.8, 4) is 0 Å². The fourth-order valence-corrected chi connectivity index (χ4v) is 4.26. The molecule has 0 spiro atoms. The molecule has 2 aliphatic rings. The molecule has 3 heterocycles. The lowest BCUT2D eigenvalue weighted by molar-refractivity contribution is -0.153. The number of carboxylic acids is 1. The highest BCUT2D eigenvalue weighted by Gasteiger charge is 2.47. The molecule has 1 fully saturated rings. The molecule has 0 atom stereocenters. The van der Waals surface area contributed by atoms with Gasteiger partial charge in [-0.25, -0.2) is 4.79 Å². The lowest BCUT2D eigenvalue weighted by Gasteiger charge is -2.44. The van der Waals surface area contributed by atoms with Crippen LogP contribution in [0.25, 0.3) is 0 Å². The fraction of sp³-hybridized carbons (Fsp3) is 0.500. The van der Waals surface area contributed by atoms with Crippen LogP contribution in [0.1, 0.15) is 46.6 Å². The van der Waals surface area contributed by atoms with E-state index in [0.29, 0.717) is 31.7 Å². The van der Waals surface area contributed by atoms with Crippen LogP contribution in [0.5, 0.6) is 0 Å². The van der Waals surface area contributed by atoms with E-state index in [1.54, 1.807) is 29.1 Å². The van der Waals surface area contributed by atoms with Crippen molar-refractivity contribution < 1.29 is 19.4 Å². The molecule has 1 aliphatic carbocycles. The summed E-state index contributed by atoms with van der Waals surface area (Å²) < 4.78 is 7.05. The number of methoxy groups -OCH3 is 1. The second-order valence-corrected chi connectivity index (χ2v) is 7.64. The maximum absolute atomic E-state index is 13.1. The van der Waals surface area contributed by atoms with Gasteiger partial charge in [-0.3, -0.25) is 14.5 Å². The molecule has 148 valence electrons. The molecule has 8 heteroatoms. The quantitative estimate of drug-likeness (QED) is 0.815. The Morgan fingerprint density at radius 2 is 2.04 bits per heavy atom. The van der Waals surface area contributed by atoms with Crippen molar-refractivity contribution in [3.63, 3.8) is 0 Å². The Bertz CT molecular complexity index is 889. The molecule has 1 saturated carbocycles. The second-order valence-electron chi connectivity index (χ2n) is 7.64.